The zero-order chi connectivity index (χ0) is 23.2. The fourth-order valence-corrected chi connectivity index (χ4v) is 4.41. The van der Waals surface area contributed by atoms with E-state index in [9.17, 15) is 9.90 Å². The molecule has 0 saturated heterocycles. The minimum Gasteiger partial charge on any atom is -0.508 e. The Labute approximate surface area is 194 Å². The molecule has 0 aliphatic carbocycles. The average Bonchev–Trinajstić information content (AvgIpc) is 2.86. The second kappa shape index (κ2) is 10.3. The molecule has 172 valence electrons. The minimum atomic E-state index is -0.202. The zero-order valence-electron chi connectivity index (χ0n) is 19.1. The molecule has 2 N–H and O–H groups in total. The van der Waals surface area contributed by atoms with Crippen LogP contribution in [0.25, 0.3) is 0 Å². The van der Waals surface area contributed by atoms with Gasteiger partial charge >= 0.3 is 6.03 Å². The number of aryl methyl sites for hydroxylation is 1. The van der Waals surface area contributed by atoms with Gasteiger partial charge in [0.25, 0.3) is 0 Å². The van der Waals surface area contributed by atoms with Crippen LogP contribution in [-0.2, 0) is 12.8 Å². The summed E-state index contributed by atoms with van der Waals surface area (Å²) in [6.45, 7) is 1.20. The number of hydrogen-bond donors (Lipinski definition) is 2. The van der Waals surface area contributed by atoms with Crippen molar-refractivity contribution in [3.8, 4) is 17.2 Å². The number of ether oxygens (including phenoxy) is 2. The summed E-state index contributed by atoms with van der Waals surface area (Å²) in [4.78, 5) is 15.2. The molecule has 6 nitrogen and oxygen atoms in total. The van der Waals surface area contributed by atoms with Gasteiger partial charge in [0.05, 0.1) is 20.3 Å². The first-order chi connectivity index (χ1) is 16.1. The number of rotatable bonds is 7. The molecule has 0 saturated carbocycles. The van der Waals surface area contributed by atoms with Crippen LogP contribution in [-0.4, -0.2) is 43.3 Å². The van der Waals surface area contributed by atoms with Gasteiger partial charge in [0, 0.05) is 13.1 Å². The van der Waals surface area contributed by atoms with Crippen molar-refractivity contribution >= 4 is 6.03 Å². The number of amides is 2. The summed E-state index contributed by atoms with van der Waals surface area (Å²) in [5.74, 6) is 1.63. The maximum absolute atomic E-state index is 13.3. The number of nitrogens with one attached hydrogen (secondary N) is 1. The molecule has 1 aliphatic rings. The molecule has 3 aromatic rings. The van der Waals surface area contributed by atoms with Crippen molar-refractivity contribution < 1.29 is 19.4 Å². The van der Waals surface area contributed by atoms with Gasteiger partial charge in [-0.25, -0.2) is 4.79 Å². The molecule has 0 bridgehead atoms. The Morgan fingerprint density at radius 2 is 1.73 bits per heavy atom. The predicted octanol–water partition coefficient (Wildman–Crippen LogP) is 4.70. The number of carbonyl (C=O) groups is 1. The van der Waals surface area contributed by atoms with Gasteiger partial charge in [-0.15, -0.1) is 0 Å². The van der Waals surface area contributed by atoms with E-state index in [0.29, 0.717) is 24.6 Å². The molecule has 6 heteroatoms. The lowest BCUT2D eigenvalue weighted by Crippen LogP contribution is -2.46. The van der Waals surface area contributed by atoms with Gasteiger partial charge in [-0.05, 0) is 65.8 Å². The molecule has 0 spiro atoms. The summed E-state index contributed by atoms with van der Waals surface area (Å²) in [6, 6.07) is 21.0. The van der Waals surface area contributed by atoms with Gasteiger partial charge in [0.1, 0.15) is 5.75 Å². The molecule has 0 aromatic heterocycles. The summed E-state index contributed by atoms with van der Waals surface area (Å²) >= 11 is 0. The van der Waals surface area contributed by atoms with Crippen LogP contribution in [0.3, 0.4) is 0 Å². The standard InChI is InChI=1S/C27H30N2O4/c1-32-24-17-21-14-16-29(27(31)28-15-6-7-19-10-12-22(30)13-11-19)26(20-8-4-3-5-9-20)23(21)18-25(24)33-2/h3-5,8-13,17-18,26,30H,6-7,14-16H2,1-2H3,(H,28,31). The highest BCUT2D eigenvalue weighted by molar-refractivity contribution is 5.76. The maximum atomic E-state index is 13.3. The number of phenols is 1. The summed E-state index contributed by atoms with van der Waals surface area (Å²) < 4.78 is 11.0. The van der Waals surface area contributed by atoms with Crippen molar-refractivity contribution in [2.45, 2.75) is 25.3 Å². The third-order valence-electron chi connectivity index (χ3n) is 6.10. The number of carbonyl (C=O) groups excluding carboxylic acids is 1. The van der Waals surface area contributed by atoms with E-state index in [4.69, 9.17) is 9.47 Å². The van der Waals surface area contributed by atoms with Crippen molar-refractivity contribution in [1.82, 2.24) is 10.2 Å². The fraction of sp³-hybridized carbons (Fsp3) is 0.296. The number of phenolic OH excluding ortho intramolecular Hbond substituents is 1. The number of fused-ring (bicyclic) bond motifs is 1. The van der Waals surface area contributed by atoms with E-state index < -0.39 is 0 Å². The quantitative estimate of drug-likeness (QED) is 0.516. The number of urea groups is 1. The van der Waals surface area contributed by atoms with E-state index >= 15 is 0 Å². The third-order valence-corrected chi connectivity index (χ3v) is 6.10. The Kier molecular flexibility index (Phi) is 7.03. The first kappa shape index (κ1) is 22.5. The molecule has 1 aliphatic heterocycles. The third kappa shape index (κ3) is 5.06. The Balaban J connectivity index is 1.52. The smallest absolute Gasteiger partial charge is 0.318 e. The molecule has 2 amide bonds. The fourth-order valence-electron chi connectivity index (χ4n) is 4.41. The minimum absolute atomic E-state index is 0.0741. The highest BCUT2D eigenvalue weighted by Crippen LogP contribution is 2.40. The van der Waals surface area contributed by atoms with Crippen LogP contribution in [0.1, 0.15) is 34.7 Å². The van der Waals surface area contributed by atoms with Crippen LogP contribution in [0.2, 0.25) is 0 Å². The molecule has 0 radical (unpaired) electrons. The van der Waals surface area contributed by atoms with E-state index in [1.165, 1.54) is 0 Å². The molecule has 0 fully saturated rings. The summed E-state index contributed by atoms with van der Waals surface area (Å²) in [7, 11) is 3.27. The highest BCUT2D eigenvalue weighted by Gasteiger charge is 2.33. The van der Waals surface area contributed by atoms with E-state index in [-0.39, 0.29) is 17.8 Å². The number of methoxy groups -OCH3 is 2. The normalized spacial score (nSPS) is 15.0. The lowest BCUT2D eigenvalue weighted by atomic mass is 9.88. The Hall–Kier alpha value is -3.67. The SMILES string of the molecule is COc1cc2c(cc1OC)C(c1ccccc1)N(C(=O)NCCCc1ccc(O)cc1)CC2. The molecule has 3 aromatic carbocycles. The molecule has 4 rings (SSSR count). The van der Waals surface area contributed by atoms with Gasteiger partial charge in [-0.3, -0.25) is 0 Å². The molecule has 33 heavy (non-hydrogen) atoms. The maximum Gasteiger partial charge on any atom is 0.318 e. The average molecular weight is 447 g/mol. The van der Waals surface area contributed by atoms with Crippen molar-refractivity contribution in [3.05, 3.63) is 89.0 Å². The molecule has 1 atom stereocenters. The van der Waals surface area contributed by atoms with Gasteiger partial charge in [-0.1, -0.05) is 42.5 Å². The first-order valence-corrected chi connectivity index (χ1v) is 11.2. The second-order valence-corrected chi connectivity index (χ2v) is 8.16. The summed E-state index contributed by atoms with van der Waals surface area (Å²) in [6.07, 6.45) is 2.41. The van der Waals surface area contributed by atoms with Crippen LogP contribution in [0, 0.1) is 0 Å². The molecular weight excluding hydrogens is 416 g/mol. The zero-order valence-corrected chi connectivity index (χ0v) is 19.1. The highest BCUT2D eigenvalue weighted by atomic mass is 16.5. The number of nitrogens with zero attached hydrogens (tertiary/aromatic N) is 1. The molecular formula is C27H30N2O4. The number of hydrogen-bond acceptors (Lipinski definition) is 4. The summed E-state index contributed by atoms with van der Waals surface area (Å²) in [5, 5.41) is 12.5. The van der Waals surface area contributed by atoms with Gasteiger partial charge in [-0.2, -0.15) is 0 Å². The topological polar surface area (TPSA) is 71.0 Å². The number of benzene rings is 3. The van der Waals surface area contributed by atoms with Crippen molar-refractivity contribution in [1.29, 1.82) is 0 Å². The van der Waals surface area contributed by atoms with Gasteiger partial charge in [0.2, 0.25) is 0 Å². The van der Waals surface area contributed by atoms with E-state index in [1.54, 1.807) is 26.4 Å². The van der Waals surface area contributed by atoms with Crippen molar-refractivity contribution in [2.75, 3.05) is 27.3 Å². The molecule has 1 unspecified atom stereocenters. The van der Waals surface area contributed by atoms with Crippen LogP contribution >= 0.6 is 0 Å². The van der Waals surface area contributed by atoms with E-state index in [0.717, 1.165) is 41.5 Å². The Morgan fingerprint density at radius 3 is 2.42 bits per heavy atom. The van der Waals surface area contributed by atoms with Gasteiger partial charge < -0.3 is 24.8 Å². The van der Waals surface area contributed by atoms with E-state index in [1.807, 2.05) is 47.4 Å². The Bertz CT molecular complexity index is 1080. The van der Waals surface area contributed by atoms with Gasteiger partial charge in [0.15, 0.2) is 11.5 Å². The van der Waals surface area contributed by atoms with Crippen LogP contribution in [0.15, 0.2) is 66.7 Å². The number of aromatic hydroxyl groups is 1. The predicted molar refractivity (Wildman–Crippen MR) is 128 cm³/mol. The summed E-state index contributed by atoms with van der Waals surface area (Å²) in [5.41, 5.74) is 4.42. The van der Waals surface area contributed by atoms with Crippen molar-refractivity contribution in [2.24, 2.45) is 0 Å². The second-order valence-electron chi connectivity index (χ2n) is 8.16. The van der Waals surface area contributed by atoms with Crippen LogP contribution in [0.5, 0.6) is 17.2 Å². The lowest BCUT2D eigenvalue weighted by Gasteiger charge is -2.38. The van der Waals surface area contributed by atoms with Crippen molar-refractivity contribution in [3.63, 3.8) is 0 Å². The monoisotopic (exact) mass is 446 g/mol. The first-order valence-electron chi connectivity index (χ1n) is 11.2. The van der Waals surface area contributed by atoms with E-state index in [2.05, 4.69) is 17.4 Å². The molecule has 1 heterocycles. The lowest BCUT2D eigenvalue weighted by molar-refractivity contribution is 0.180. The largest absolute Gasteiger partial charge is 0.508 e. The van der Waals surface area contributed by atoms with Crippen LogP contribution < -0.4 is 14.8 Å². The Morgan fingerprint density at radius 1 is 1.03 bits per heavy atom. The van der Waals surface area contributed by atoms with Crippen LogP contribution in [0.4, 0.5) is 4.79 Å².